The highest BCUT2D eigenvalue weighted by atomic mass is 16.5. The summed E-state index contributed by atoms with van der Waals surface area (Å²) in [4.78, 5) is 4.03. The van der Waals surface area contributed by atoms with E-state index in [0.717, 1.165) is 19.4 Å². The fourth-order valence-electron chi connectivity index (χ4n) is 1.52. The first-order valence-electron chi connectivity index (χ1n) is 4.39. The maximum atomic E-state index is 5.45. The number of hydrogen-bond acceptors (Lipinski definition) is 2. The molecule has 0 aromatic rings. The van der Waals surface area contributed by atoms with E-state index in [1.807, 2.05) is 6.92 Å². The molecule has 0 aromatic heterocycles. The Morgan fingerprint density at radius 2 is 2.42 bits per heavy atom. The zero-order valence-corrected chi connectivity index (χ0v) is 7.49. The molecule has 1 rings (SSSR count). The molecule has 1 fully saturated rings. The average molecular weight is 171 g/mol. The molecule has 1 saturated heterocycles. The van der Waals surface area contributed by atoms with E-state index in [2.05, 4.69) is 4.99 Å². The van der Waals surface area contributed by atoms with Gasteiger partial charge in [0.15, 0.2) is 5.96 Å². The first-order chi connectivity index (χ1) is 5.68. The lowest BCUT2D eigenvalue weighted by molar-refractivity contribution is 0.0999. The highest BCUT2D eigenvalue weighted by molar-refractivity contribution is 5.75. The number of nitrogens with zero attached hydrogens (tertiary/aromatic N) is 1. The van der Waals surface area contributed by atoms with Crippen LogP contribution < -0.4 is 11.5 Å². The van der Waals surface area contributed by atoms with Crippen molar-refractivity contribution in [2.45, 2.75) is 38.3 Å². The van der Waals surface area contributed by atoms with Gasteiger partial charge in [-0.3, -0.25) is 4.99 Å². The molecule has 0 amide bonds. The number of hydrogen-bond donors (Lipinski definition) is 2. The largest absolute Gasteiger partial charge is 0.378 e. The van der Waals surface area contributed by atoms with Gasteiger partial charge in [0, 0.05) is 6.61 Å². The number of guanidine groups is 1. The highest BCUT2D eigenvalue weighted by Crippen LogP contribution is 2.17. The Bertz CT molecular complexity index is 160. The van der Waals surface area contributed by atoms with E-state index in [-0.39, 0.29) is 12.0 Å². The van der Waals surface area contributed by atoms with Crippen LogP contribution in [0.3, 0.4) is 0 Å². The van der Waals surface area contributed by atoms with Gasteiger partial charge in [-0.25, -0.2) is 0 Å². The summed E-state index contributed by atoms with van der Waals surface area (Å²) in [6.07, 6.45) is 3.60. The molecule has 0 radical (unpaired) electrons. The quantitative estimate of drug-likeness (QED) is 0.471. The number of nitrogens with two attached hydrogens (primary N) is 2. The van der Waals surface area contributed by atoms with Gasteiger partial charge in [0.25, 0.3) is 0 Å². The molecule has 1 heterocycles. The van der Waals surface area contributed by atoms with Crippen molar-refractivity contribution in [3.8, 4) is 0 Å². The predicted octanol–water partition coefficient (Wildman–Crippen LogP) is 0.217. The van der Waals surface area contributed by atoms with Crippen LogP contribution in [0.5, 0.6) is 0 Å². The summed E-state index contributed by atoms with van der Waals surface area (Å²) < 4.78 is 5.45. The molecule has 1 aliphatic heterocycles. The van der Waals surface area contributed by atoms with Crippen LogP contribution in [0.25, 0.3) is 0 Å². The van der Waals surface area contributed by atoms with E-state index < -0.39 is 0 Å². The van der Waals surface area contributed by atoms with Crippen LogP contribution in [0, 0.1) is 0 Å². The van der Waals surface area contributed by atoms with Crippen molar-refractivity contribution in [1.82, 2.24) is 0 Å². The third-order valence-electron chi connectivity index (χ3n) is 2.00. The monoisotopic (exact) mass is 171 g/mol. The zero-order chi connectivity index (χ0) is 8.97. The van der Waals surface area contributed by atoms with Crippen molar-refractivity contribution in [2.75, 3.05) is 6.61 Å². The maximum absolute atomic E-state index is 5.45. The van der Waals surface area contributed by atoms with Gasteiger partial charge in [-0.2, -0.15) is 0 Å². The summed E-state index contributed by atoms with van der Waals surface area (Å²) in [7, 11) is 0. The molecule has 0 saturated carbocycles. The van der Waals surface area contributed by atoms with Gasteiger partial charge >= 0.3 is 0 Å². The van der Waals surface area contributed by atoms with Crippen molar-refractivity contribution in [1.29, 1.82) is 0 Å². The van der Waals surface area contributed by atoms with Crippen LogP contribution in [0.2, 0.25) is 0 Å². The van der Waals surface area contributed by atoms with Crippen molar-refractivity contribution in [3.63, 3.8) is 0 Å². The molecule has 2 unspecified atom stereocenters. The van der Waals surface area contributed by atoms with Crippen LogP contribution in [-0.2, 0) is 4.74 Å². The third-order valence-corrected chi connectivity index (χ3v) is 2.00. The lowest BCUT2D eigenvalue weighted by Gasteiger charge is -2.12. The molecule has 4 heteroatoms. The summed E-state index contributed by atoms with van der Waals surface area (Å²) in [5, 5.41) is 0. The summed E-state index contributed by atoms with van der Waals surface area (Å²) in [5.41, 5.74) is 10.5. The van der Waals surface area contributed by atoms with Gasteiger partial charge in [0.1, 0.15) is 0 Å². The lowest BCUT2D eigenvalue weighted by Crippen LogP contribution is -2.26. The number of ether oxygens (including phenoxy) is 1. The number of rotatable bonds is 3. The van der Waals surface area contributed by atoms with Crippen LogP contribution in [-0.4, -0.2) is 24.7 Å². The van der Waals surface area contributed by atoms with E-state index in [1.54, 1.807) is 0 Å². The molecule has 1 aliphatic rings. The maximum Gasteiger partial charge on any atom is 0.186 e. The number of aliphatic imine (C=N–C) groups is 1. The van der Waals surface area contributed by atoms with E-state index in [4.69, 9.17) is 16.2 Å². The summed E-state index contributed by atoms with van der Waals surface area (Å²) >= 11 is 0. The van der Waals surface area contributed by atoms with E-state index in [9.17, 15) is 0 Å². The van der Waals surface area contributed by atoms with Crippen molar-refractivity contribution >= 4 is 5.96 Å². The van der Waals surface area contributed by atoms with Crippen LogP contribution in [0.4, 0.5) is 0 Å². The van der Waals surface area contributed by atoms with Crippen molar-refractivity contribution < 1.29 is 4.74 Å². The molecule has 2 atom stereocenters. The third kappa shape index (κ3) is 3.09. The minimum atomic E-state index is 0.167. The van der Waals surface area contributed by atoms with Crippen LogP contribution >= 0.6 is 0 Å². The Morgan fingerprint density at radius 3 is 2.92 bits per heavy atom. The lowest BCUT2D eigenvalue weighted by atomic mass is 10.1. The average Bonchev–Trinajstić information content (AvgIpc) is 2.37. The Hall–Kier alpha value is -0.770. The van der Waals surface area contributed by atoms with Gasteiger partial charge in [-0.15, -0.1) is 0 Å². The first kappa shape index (κ1) is 9.32. The fourth-order valence-corrected chi connectivity index (χ4v) is 1.52. The Morgan fingerprint density at radius 1 is 1.67 bits per heavy atom. The minimum absolute atomic E-state index is 0.167. The van der Waals surface area contributed by atoms with Gasteiger partial charge < -0.3 is 16.2 Å². The van der Waals surface area contributed by atoms with Gasteiger partial charge in [0.2, 0.25) is 0 Å². The van der Waals surface area contributed by atoms with E-state index >= 15 is 0 Å². The first-order valence-corrected chi connectivity index (χ1v) is 4.39. The zero-order valence-electron chi connectivity index (χ0n) is 7.49. The highest BCUT2D eigenvalue weighted by Gasteiger charge is 2.17. The Kier molecular flexibility index (Phi) is 3.34. The Labute approximate surface area is 73.0 Å². The second-order valence-corrected chi connectivity index (χ2v) is 3.27. The molecule has 0 bridgehead atoms. The summed E-state index contributed by atoms with van der Waals surface area (Å²) in [6.45, 7) is 2.89. The van der Waals surface area contributed by atoms with Gasteiger partial charge in [-0.1, -0.05) is 0 Å². The van der Waals surface area contributed by atoms with E-state index in [1.165, 1.54) is 6.42 Å². The smallest absolute Gasteiger partial charge is 0.186 e. The summed E-state index contributed by atoms with van der Waals surface area (Å²) in [6, 6.07) is 0.179. The topological polar surface area (TPSA) is 73.6 Å². The van der Waals surface area contributed by atoms with E-state index in [0.29, 0.717) is 6.10 Å². The normalized spacial score (nSPS) is 25.2. The SMILES string of the molecule is CC(CC1CCCO1)N=C(N)N. The van der Waals surface area contributed by atoms with Crippen LogP contribution in [0.1, 0.15) is 26.2 Å². The molecule has 0 spiro atoms. The van der Waals surface area contributed by atoms with Crippen LogP contribution in [0.15, 0.2) is 4.99 Å². The predicted molar refractivity (Wildman–Crippen MR) is 48.9 cm³/mol. The van der Waals surface area contributed by atoms with Gasteiger partial charge in [-0.05, 0) is 26.2 Å². The molecule has 70 valence electrons. The molecular weight excluding hydrogens is 154 g/mol. The molecule has 4 nitrogen and oxygen atoms in total. The minimum Gasteiger partial charge on any atom is -0.378 e. The molecule has 0 aromatic carbocycles. The molecular formula is C8H17N3O. The fraction of sp³-hybridized carbons (Fsp3) is 0.875. The summed E-state index contributed by atoms with van der Waals surface area (Å²) in [5.74, 6) is 0.167. The Balaban J connectivity index is 2.25. The van der Waals surface area contributed by atoms with Gasteiger partial charge in [0.05, 0.1) is 12.1 Å². The molecule has 0 aliphatic carbocycles. The standard InChI is InChI=1S/C8H17N3O/c1-6(11-8(9)10)5-7-3-2-4-12-7/h6-7H,2-5H2,1H3,(H4,9,10,11). The second kappa shape index (κ2) is 4.30. The van der Waals surface area contributed by atoms with Crippen molar-refractivity contribution in [2.24, 2.45) is 16.5 Å². The van der Waals surface area contributed by atoms with Crippen molar-refractivity contribution in [3.05, 3.63) is 0 Å². The molecule has 12 heavy (non-hydrogen) atoms. The second-order valence-electron chi connectivity index (χ2n) is 3.27. The molecule has 4 N–H and O–H groups in total.